The normalized spacial score (nSPS) is 12.4. The molecule has 3 aromatic heterocycles. The van der Waals surface area contributed by atoms with Crippen molar-refractivity contribution in [2.24, 2.45) is 0 Å². The van der Waals surface area contributed by atoms with E-state index < -0.39 is 12.5 Å². The number of urea groups is 1. The van der Waals surface area contributed by atoms with Gasteiger partial charge in [0.15, 0.2) is 0 Å². The van der Waals surface area contributed by atoms with Gasteiger partial charge in [-0.15, -0.1) is 0 Å². The second-order valence-electron chi connectivity index (χ2n) is 6.91. The van der Waals surface area contributed by atoms with E-state index in [1.807, 2.05) is 24.3 Å². The number of methoxy groups -OCH3 is 1. The van der Waals surface area contributed by atoms with E-state index in [2.05, 4.69) is 20.6 Å². The van der Waals surface area contributed by atoms with Crippen molar-refractivity contribution in [3.05, 3.63) is 84.8 Å². The van der Waals surface area contributed by atoms with Crippen LogP contribution in [0.1, 0.15) is 8.30 Å². The molecule has 7 nitrogen and oxygen atoms in total. The minimum atomic E-state index is -1.84. The maximum Gasteiger partial charge on any atom is 0.323 e. The summed E-state index contributed by atoms with van der Waals surface area (Å²) in [7, 11) is 1.54. The largest absolute Gasteiger partial charge is 0.495 e. The first-order chi connectivity index (χ1) is 16.0. The summed E-state index contributed by atoms with van der Waals surface area (Å²) in [6, 6.07) is 17.4. The summed E-state index contributed by atoms with van der Waals surface area (Å²) in [4.78, 5) is 19.9. The van der Waals surface area contributed by atoms with Crippen molar-refractivity contribution in [3.63, 3.8) is 0 Å². The maximum atomic E-state index is 12.7. The third-order valence-corrected chi connectivity index (χ3v) is 5.04. The predicted octanol–water partition coefficient (Wildman–Crippen LogP) is 5.22. The van der Waals surface area contributed by atoms with E-state index in [4.69, 9.17) is 7.48 Å². The molecule has 5 aromatic rings. The second-order valence-corrected chi connectivity index (χ2v) is 6.91. The van der Waals surface area contributed by atoms with E-state index in [1.54, 1.807) is 66.7 Å². The molecule has 3 heterocycles. The van der Waals surface area contributed by atoms with Gasteiger partial charge in [-0.3, -0.25) is 0 Å². The van der Waals surface area contributed by atoms with Crippen LogP contribution in [0.2, 0.25) is 0 Å². The first kappa shape index (κ1) is 16.5. The molecule has 0 unspecified atom stereocenters. The summed E-state index contributed by atoms with van der Waals surface area (Å²) in [5.74, 6) is 0.554. The van der Waals surface area contributed by atoms with Crippen LogP contribution in [0.3, 0.4) is 0 Å². The van der Waals surface area contributed by atoms with Gasteiger partial charge in [0.05, 0.1) is 26.7 Å². The number of fused-ring (bicyclic) bond motifs is 2. The summed E-state index contributed by atoms with van der Waals surface area (Å²) in [5.41, 5.74) is 2.89. The fourth-order valence-electron chi connectivity index (χ4n) is 3.59. The van der Waals surface area contributed by atoms with Crippen molar-refractivity contribution in [1.29, 1.82) is 0 Å². The Kier molecular flexibility index (Phi) is 4.20. The second kappa shape index (κ2) is 7.87. The van der Waals surface area contributed by atoms with Gasteiger partial charge in [0.1, 0.15) is 11.4 Å². The summed E-state index contributed by atoms with van der Waals surface area (Å²) >= 11 is 0. The van der Waals surface area contributed by atoms with E-state index in [1.165, 1.54) is 0 Å². The molecule has 0 aliphatic heterocycles. The molecule has 0 saturated heterocycles. The molecule has 0 saturated carbocycles. The number of H-pyrrole nitrogens is 1. The average molecular weight is 413 g/mol. The summed E-state index contributed by atoms with van der Waals surface area (Å²) in [6.45, 7) is -1.84. The van der Waals surface area contributed by atoms with Gasteiger partial charge in [0, 0.05) is 35.9 Å². The lowest BCUT2D eigenvalue weighted by molar-refractivity contribution is 0.262. The molecule has 7 heteroatoms. The summed E-state index contributed by atoms with van der Waals surface area (Å²) in [5, 5.41) is 7.08. The van der Waals surface area contributed by atoms with Gasteiger partial charge in [0.25, 0.3) is 0 Å². The lowest BCUT2D eigenvalue weighted by atomic mass is 10.2. The zero-order chi connectivity index (χ0) is 23.0. The number of ether oxygens (including phenoxy) is 1. The number of hydrogen-bond donors (Lipinski definition) is 3. The third kappa shape index (κ3) is 3.57. The number of nitrogens with one attached hydrogen (secondary N) is 3. The zero-order valence-corrected chi connectivity index (χ0v) is 16.7. The van der Waals surface area contributed by atoms with Crippen molar-refractivity contribution >= 4 is 39.3 Å². The Bertz CT molecular complexity index is 1470. The highest BCUT2D eigenvalue weighted by Gasteiger charge is 2.12. The Morgan fingerprint density at radius 1 is 1.06 bits per heavy atom. The van der Waals surface area contributed by atoms with Crippen molar-refractivity contribution < 1.29 is 12.3 Å². The Hall–Kier alpha value is -4.26. The molecule has 0 spiro atoms. The fraction of sp³-hybridized carbons (Fsp3) is 0.0833. The number of amides is 2. The lowest BCUT2D eigenvalue weighted by Crippen LogP contribution is -2.19. The molecule has 0 bridgehead atoms. The van der Waals surface area contributed by atoms with Crippen LogP contribution in [0.25, 0.3) is 21.9 Å². The lowest BCUT2D eigenvalue weighted by Gasteiger charge is -2.12. The minimum Gasteiger partial charge on any atom is -0.495 e. The molecule has 154 valence electrons. The Morgan fingerprint density at radius 2 is 1.90 bits per heavy atom. The molecule has 31 heavy (non-hydrogen) atoms. The number of aromatic nitrogens is 3. The molecular formula is C24H21N5O2. The number of rotatable bonds is 5. The van der Waals surface area contributed by atoms with Gasteiger partial charge in [-0.25, -0.2) is 9.78 Å². The average Bonchev–Trinajstić information content (AvgIpc) is 3.47. The minimum absolute atomic E-state index is 0.425. The standard InChI is InChI=1S/C24H21N5O2/c1-31-22-8-3-2-5-20(22)28-24(30)27-19-6-4-7-21-18(19)11-14-29(21)15-16-9-12-25-23-17(16)10-13-26-23/h2-14H,15H2,1H3,(H,25,26)(H2,27,28,30)/i15D2. The molecule has 0 atom stereocenters. The number of hydrogen-bond acceptors (Lipinski definition) is 3. The van der Waals surface area contributed by atoms with Crippen LogP contribution in [0, 0.1) is 0 Å². The number of anilines is 2. The highest BCUT2D eigenvalue weighted by Crippen LogP contribution is 2.27. The maximum absolute atomic E-state index is 12.7. The van der Waals surface area contributed by atoms with Gasteiger partial charge in [0.2, 0.25) is 0 Å². The first-order valence-electron chi connectivity index (χ1n) is 10.7. The summed E-state index contributed by atoms with van der Waals surface area (Å²) < 4.78 is 24.7. The summed E-state index contributed by atoms with van der Waals surface area (Å²) in [6.07, 6.45) is 5.02. The molecule has 3 N–H and O–H groups in total. The van der Waals surface area contributed by atoms with E-state index in [0.29, 0.717) is 33.9 Å². The van der Waals surface area contributed by atoms with Crippen LogP contribution in [-0.4, -0.2) is 27.7 Å². The Balaban J connectivity index is 1.48. The molecule has 5 rings (SSSR count). The van der Waals surface area contributed by atoms with E-state index in [-0.39, 0.29) is 0 Å². The van der Waals surface area contributed by atoms with Gasteiger partial charge in [-0.1, -0.05) is 18.2 Å². The molecule has 0 aliphatic rings. The number of carbonyl (C=O) groups excluding carboxylic acids is 1. The van der Waals surface area contributed by atoms with Crippen LogP contribution in [0.15, 0.2) is 79.3 Å². The third-order valence-electron chi connectivity index (χ3n) is 5.04. The Morgan fingerprint density at radius 3 is 2.81 bits per heavy atom. The highest BCUT2D eigenvalue weighted by molar-refractivity contribution is 6.06. The topological polar surface area (TPSA) is 84.0 Å². The van der Waals surface area contributed by atoms with Crippen LogP contribution in [-0.2, 0) is 6.50 Å². The smallest absolute Gasteiger partial charge is 0.323 e. The van der Waals surface area contributed by atoms with E-state index >= 15 is 0 Å². The number of benzene rings is 2. The van der Waals surface area contributed by atoms with Crippen LogP contribution >= 0.6 is 0 Å². The Labute approximate surface area is 181 Å². The van der Waals surface area contributed by atoms with E-state index in [0.717, 1.165) is 10.8 Å². The molecule has 0 fully saturated rings. The molecule has 0 radical (unpaired) electrons. The number of pyridine rings is 1. The van der Waals surface area contributed by atoms with Gasteiger partial charge in [-0.05, 0) is 48.0 Å². The SMILES string of the molecule is [2H]C([2H])(c1ccnc2[nH]ccc12)n1ccc2c(NC(=O)Nc3ccccc3OC)cccc21. The number of carbonyl (C=O) groups is 1. The van der Waals surface area contributed by atoms with Gasteiger partial charge >= 0.3 is 6.03 Å². The van der Waals surface area contributed by atoms with E-state index in [9.17, 15) is 4.79 Å². The molecule has 2 aromatic carbocycles. The zero-order valence-electron chi connectivity index (χ0n) is 18.7. The van der Waals surface area contributed by atoms with Gasteiger partial charge < -0.3 is 24.9 Å². The van der Waals surface area contributed by atoms with Gasteiger partial charge in [-0.2, -0.15) is 0 Å². The fourth-order valence-corrected chi connectivity index (χ4v) is 3.59. The van der Waals surface area contributed by atoms with Crippen molar-refractivity contribution in [2.75, 3.05) is 17.7 Å². The molecular weight excluding hydrogens is 390 g/mol. The van der Waals surface area contributed by atoms with Crippen LogP contribution in [0.5, 0.6) is 5.75 Å². The first-order valence-corrected chi connectivity index (χ1v) is 9.73. The number of aromatic amines is 1. The molecule has 0 aliphatic carbocycles. The number of para-hydroxylation sites is 2. The molecule has 2 amide bonds. The highest BCUT2D eigenvalue weighted by atomic mass is 16.5. The van der Waals surface area contributed by atoms with Crippen molar-refractivity contribution in [1.82, 2.24) is 14.5 Å². The predicted molar refractivity (Wildman–Crippen MR) is 123 cm³/mol. The monoisotopic (exact) mass is 413 g/mol. The quantitative estimate of drug-likeness (QED) is 0.369. The van der Waals surface area contributed by atoms with Crippen molar-refractivity contribution in [3.8, 4) is 5.75 Å². The van der Waals surface area contributed by atoms with Crippen LogP contribution in [0.4, 0.5) is 16.2 Å². The van der Waals surface area contributed by atoms with Crippen molar-refractivity contribution in [2.45, 2.75) is 6.50 Å². The number of nitrogens with zero attached hydrogens (tertiary/aromatic N) is 2. The van der Waals surface area contributed by atoms with Crippen LogP contribution < -0.4 is 15.4 Å².